The summed E-state index contributed by atoms with van der Waals surface area (Å²) >= 11 is 4.18. The van der Waals surface area contributed by atoms with E-state index < -0.39 is 0 Å². The van der Waals surface area contributed by atoms with Crippen molar-refractivity contribution in [1.82, 2.24) is 4.98 Å². The quantitative estimate of drug-likeness (QED) is 0.598. The van der Waals surface area contributed by atoms with E-state index in [2.05, 4.69) is 53.7 Å². The molecule has 0 bridgehead atoms. The molecular formula is C8H12INS. The lowest BCUT2D eigenvalue weighted by molar-refractivity contribution is 0.788. The van der Waals surface area contributed by atoms with E-state index >= 15 is 0 Å². The van der Waals surface area contributed by atoms with Gasteiger partial charge in [0.1, 0.15) is 0 Å². The third-order valence-electron chi connectivity index (χ3n) is 1.46. The van der Waals surface area contributed by atoms with Crippen molar-refractivity contribution in [1.29, 1.82) is 0 Å². The summed E-state index contributed by atoms with van der Waals surface area (Å²) in [5.74, 6) is 0. The van der Waals surface area contributed by atoms with Gasteiger partial charge >= 0.3 is 0 Å². The van der Waals surface area contributed by atoms with E-state index in [0.29, 0.717) is 0 Å². The van der Waals surface area contributed by atoms with Crippen LogP contribution in [0.1, 0.15) is 31.5 Å². The summed E-state index contributed by atoms with van der Waals surface area (Å²) in [7, 11) is 0. The minimum absolute atomic E-state index is 0.182. The van der Waals surface area contributed by atoms with Crippen molar-refractivity contribution in [3.63, 3.8) is 0 Å². The van der Waals surface area contributed by atoms with Gasteiger partial charge in [0.05, 0.1) is 14.1 Å². The molecule has 1 rings (SSSR count). The Morgan fingerprint density at radius 3 is 2.55 bits per heavy atom. The zero-order valence-electron chi connectivity index (χ0n) is 7.02. The highest BCUT2D eigenvalue weighted by atomic mass is 127. The molecule has 0 unspecified atom stereocenters. The van der Waals surface area contributed by atoms with Gasteiger partial charge in [0.25, 0.3) is 0 Å². The first-order chi connectivity index (χ1) is 5.04. The Balaban J connectivity index is 2.89. The SMILES string of the molecule is CCc1nc(C(C)(C)I)cs1. The minimum Gasteiger partial charge on any atom is -0.245 e. The summed E-state index contributed by atoms with van der Waals surface area (Å²) in [6.07, 6.45) is 1.05. The molecule has 0 aliphatic heterocycles. The van der Waals surface area contributed by atoms with Crippen molar-refractivity contribution in [3.8, 4) is 0 Å². The Kier molecular flexibility index (Phi) is 2.91. The molecule has 0 N–H and O–H groups in total. The molecule has 0 aliphatic carbocycles. The van der Waals surface area contributed by atoms with E-state index in [1.165, 1.54) is 10.7 Å². The maximum Gasteiger partial charge on any atom is 0.0926 e. The molecule has 0 saturated heterocycles. The van der Waals surface area contributed by atoms with Gasteiger partial charge in [-0.05, 0) is 20.3 Å². The number of nitrogens with zero attached hydrogens (tertiary/aromatic N) is 1. The summed E-state index contributed by atoms with van der Waals surface area (Å²) in [6.45, 7) is 6.51. The summed E-state index contributed by atoms with van der Waals surface area (Å²) in [5, 5.41) is 3.40. The van der Waals surface area contributed by atoms with Gasteiger partial charge < -0.3 is 0 Å². The predicted octanol–water partition coefficient (Wildman–Crippen LogP) is 3.38. The molecule has 62 valence electrons. The predicted molar refractivity (Wildman–Crippen MR) is 58.5 cm³/mol. The first kappa shape index (κ1) is 9.45. The minimum atomic E-state index is 0.182. The number of thiazole rings is 1. The van der Waals surface area contributed by atoms with Gasteiger partial charge in [-0.3, -0.25) is 0 Å². The van der Waals surface area contributed by atoms with E-state index in [-0.39, 0.29) is 3.42 Å². The molecule has 1 aromatic rings. The van der Waals surface area contributed by atoms with Crippen molar-refractivity contribution in [2.45, 2.75) is 30.6 Å². The monoisotopic (exact) mass is 281 g/mol. The second-order valence-corrected chi connectivity index (χ2v) is 6.59. The average Bonchev–Trinajstić information content (AvgIpc) is 2.32. The number of halogens is 1. The van der Waals surface area contributed by atoms with Crippen molar-refractivity contribution in [2.24, 2.45) is 0 Å². The van der Waals surface area contributed by atoms with Gasteiger partial charge in [0.2, 0.25) is 0 Å². The lowest BCUT2D eigenvalue weighted by Gasteiger charge is -2.11. The van der Waals surface area contributed by atoms with E-state index in [4.69, 9.17) is 0 Å². The van der Waals surface area contributed by atoms with E-state index in [9.17, 15) is 0 Å². The lowest BCUT2D eigenvalue weighted by Crippen LogP contribution is -2.06. The third kappa shape index (κ3) is 2.40. The van der Waals surface area contributed by atoms with Crippen LogP contribution in [0.5, 0.6) is 0 Å². The zero-order chi connectivity index (χ0) is 8.48. The van der Waals surface area contributed by atoms with Gasteiger partial charge in [-0.15, -0.1) is 11.3 Å². The first-order valence-corrected chi connectivity index (χ1v) is 5.63. The molecule has 0 saturated carbocycles. The van der Waals surface area contributed by atoms with Crippen LogP contribution in [-0.4, -0.2) is 4.98 Å². The second kappa shape index (κ2) is 3.39. The van der Waals surface area contributed by atoms with E-state index in [0.717, 1.165) is 6.42 Å². The van der Waals surface area contributed by atoms with Crippen molar-refractivity contribution < 1.29 is 0 Å². The number of rotatable bonds is 2. The van der Waals surface area contributed by atoms with Crippen LogP contribution in [-0.2, 0) is 9.84 Å². The van der Waals surface area contributed by atoms with Crippen LogP contribution in [0.15, 0.2) is 5.38 Å². The Morgan fingerprint density at radius 2 is 2.27 bits per heavy atom. The summed E-state index contributed by atoms with van der Waals surface area (Å²) in [6, 6.07) is 0. The Hall–Kier alpha value is 0.360. The summed E-state index contributed by atoms with van der Waals surface area (Å²) in [4.78, 5) is 4.51. The molecule has 0 fully saturated rings. The van der Waals surface area contributed by atoms with Crippen LogP contribution in [0.3, 0.4) is 0 Å². The van der Waals surface area contributed by atoms with Gasteiger partial charge in [0, 0.05) is 5.38 Å². The first-order valence-electron chi connectivity index (χ1n) is 3.68. The Bertz CT molecular complexity index is 236. The Labute approximate surface area is 85.4 Å². The number of hydrogen-bond acceptors (Lipinski definition) is 2. The molecule has 0 radical (unpaired) electrons. The van der Waals surface area contributed by atoms with Crippen LogP contribution >= 0.6 is 33.9 Å². The third-order valence-corrected chi connectivity index (χ3v) is 3.01. The highest BCUT2D eigenvalue weighted by Gasteiger charge is 2.18. The molecule has 0 spiro atoms. The average molecular weight is 281 g/mol. The van der Waals surface area contributed by atoms with Gasteiger partial charge in [-0.1, -0.05) is 29.5 Å². The fourth-order valence-corrected chi connectivity index (χ4v) is 2.15. The molecule has 0 aliphatic rings. The summed E-state index contributed by atoms with van der Waals surface area (Å²) < 4.78 is 0.182. The number of aryl methyl sites for hydroxylation is 1. The zero-order valence-corrected chi connectivity index (χ0v) is 9.99. The molecule has 3 heteroatoms. The van der Waals surface area contributed by atoms with Crippen molar-refractivity contribution >= 4 is 33.9 Å². The van der Waals surface area contributed by atoms with Crippen molar-refractivity contribution in [3.05, 3.63) is 16.1 Å². The normalized spacial score (nSPS) is 12.0. The Morgan fingerprint density at radius 1 is 1.64 bits per heavy atom. The van der Waals surface area contributed by atoms with Crippen LogP contribution in [0.4, 0.5) is 0 Å². The number of hydrogen-bond donors (Lipinski definition) is 0. The fraction of sp³-hybridized carbons (Fsp3) is 0.625. The fourth-order valence-electron chi connectivity index (χ4n) is 0.746. The highest BCUT2D eigenvalue weighted by molar-refractivity contribution is 14.1. The number of aromatic nitrogens is 1. The smallest absolute Gasteiger partial charge is 0.0926 e. The molecule has 0 amide bonds. The molecule has 0 atom stereocenters. The molecule has 11 heavy (non-hydrogen) atoms. The molecule has 1 heterocycles. The van der Waals surface area contributed by atoms with Gasteiger partial charge in [-0.2, -0.15) is 0 Å². The maximum absolute atomic E-state index is 4.51. The van der Waals surface area contributed by atoms with E-state index in [1.54, 1.807) is 11.3 Å². The topological polar surface area (TPSA) is 12.9 Å². The van der Waals surface area contributed by atoms with Crippen LogP contribution in [0.2, 0.25) is 0 Å². The van der Waals surface area contributed by atoms with Crippen LogP contribution < -0.4 is 0 Å². The largest absolute Gasteiger partial charge is 0.245 e. The highest BCUT2D eigenvalue weighted by Crippen LogP contribution is 2.31. The van der Waals surface area contributed by atoms with Crippen LogP contribution in [0.25, 0.3) is 0 Å². The molecular weight excluding hydrogens is 269 g/mol. The van der Waals surface area contributed by atoms with Gasteiger partial charge in [0.15, 0.2) is 0 Å². The maximum atomic E-state index is 4.51. The summed E-state index contributed by atoms with van der Waals surface area (Å²) in [5.41, 5.74) is 1.21. The molecule has 0 aromatic carbocycles. The molecule has 1 nitrogen and oxygen atoms in total. The molecule has 1 aromatic heterocycles. The van der Waals surface area contributed by atoms with Gasteiger partial charge in [-0.25, -0.2) is 4.98 Å². The van der Waals surface area contributed by atoms with Crippen molar-refractivity contribution in [2.75, 3.05) is 0 Å². The number of alkyl halides is 1. The second-order valence-electron chi connectivity index (χ2n) is 2.95. The van der Waals surface area contributed by atoms with E-state index in [1.807, 2.05) is 0 Å². The lowest BCUT2D eigenvalue weighted by atomic mass is 10.2. The standard InChI is InChI=1S/C8H12INS/c1-4-7-10-6(5-11-7)8(2,3)9/h5H,4H2,1-3H3. The van der Waals surface area contributed by atoms with Crippen LogP contribution in [0, 0.1) is 0 Å².